The minimum absolute atomic E-state index is 0.368. The molecule has 1 heterocycles. The molecular weight excluding hydrogens is 264 g/mol. The summed E-state index contributed by atoms with van der Waals surface area (Å²) >= 11 is 5.96. The number of halogens is 1. The summed E-state index contributed by atoms with van der Waals surface area (Å²) in [5.41, 5.74) is 7.20. The first kappa shape index (κ1) is 13.6. The highest BCUT2D eigenvalue weighted by Crippen LogP contribution is 2.24. The maximum Gasteiger partial charge on any atom is 0.138 e. The number of nitrogens with zero attached hydrogens (tertiary/aromatic N) is 1. The Kier molecular flexibility index (Phi) is 4.60. The van der Waals surface area contributed by atoms with Gasteiger partial charge in [-0.25, -0.2) is 0 Å². The highest BCUT2D eigenvalue weighted by Gasteiger charge is 2.05. The van der Waals surface area contributed by atoms with Crippen molar-refractivity contribution >= 4 is 11.6 Å². The normalized spacial score (nSPS) is 10.3. The van der Waals surface area contributed by atoms with Crippen molar-refractivity contribution < 1.29 is 9.47 Å². The third kappa shape index (κ3) is 3.59. The van der Waals surface area contributed by atoms with Crippen LogP contribution in [0.2, 0.25) is 5.02 Å². The molecule has 0 aliphatic rings. The molecule has 100 valence electrons. The van der Waals surface area contributed by atoms with Gasteiger partial charge in [0.25, 0.3) is 0 Å². The average molecular weight is 279 g/mol. The molecule has 2 aromatic rings. The Morgan fingerprint density at radius 2 is 2.11 bits per heavy atom. The highest BCUT2D eigenvalue weighted by molar-refractivity contribution is 6.30. The van der Waals surface area contributed by atoms with Crippen molar-refractivity contribution in [1.29, 1.82) is 0 Å². The lowest BCUT2D eigenvalue weighted by molar-refractivity contribution is 0.295. The van der Waals surface area contributed by atoms with Gasteiger partial charge in [0, 0.05) is 17.1 Å². The maximum absolute atomic E-state index is 5.96. The Balaban J connectivity index is 2.07. The summed E-state index contributed by atoms with van der Waals surface area (Å²) < 4.78 is 10.9. The van der Waals surface area contributed by atoms with Crippen molar-refractivity contribution in [1.82, 2.24) is 4.98 Å². The summed E-state index contributed by atoms with van der Waals surface area (Å²) in [5.74, 6) is 1.43. The summed E-state index contributed by atoms with van der Waals surface area (Å²) in [6.07, 6.45) is 1.65. The van der Waals surface area contributed by atoms with Crippen LogP contribution in [0.4, 0.5) is 0 Å². The first-order chi connectivity index (χ1) is 9.22. The van der Waals surface area contributed by atoms with Crippen LogP contribution in [-0.4, -0.2) is 12.1 Å². The molecule has 4 nitrogen and oxygen atoms in total. The third-order valence-corrected chi connectivity index (χ3v) is 2.88. The van der Waals surface area contributed by atoms with Gasteiger partial charge in [-0.3, -0.25) is 4.98 Å². The van der Waals surface area contributed by atoms with Gasteiger partial charge in [0.2, 0.25) is 0 Å². The van der Waals surface area contributed by atoms with Crippen LogP contribution < -0.4 is 15.2 Å². The molecule has 0 saturated heterocycles. The van der Waals surface area contributed by atoms with E-state index in [-0.39, 0.29) is 0 Å². The molecule has 2 rings (SSSR count). The molecule has 0 bridgehead atoms. The summed E-state index contributed by atoms with van der Waals surface area (Å²) in [6.45, 7) is 0.787. The fraction of sp³-hybridized carbons (Fsp3) is 0.214. The van der Waals surface area contributed by atoms with E-state index in [0.29, 0.717) is 23.9 Å². The Bertz CT molecular complexity index is 544. The molecule has 19 heavy (non-hydrogen) atoms. The van der Waals surface area contributed by atoms with Crippen LogP contribution in [0.15, 0.2) is 36.5 Å². The molecule has 5 heteroatoms. The zero-order valence-electron chi connectivity index (χ0n) is 10.6. The molecular formula is C14H15ClN2O2. The van der Waals surface area contributed by atoms with Gasteiger partial charge in [-0.15, -0.1) is 0 Å². The van der Waals surface area contributed by atoms with Gasteiger partial charge in [0.15, 0.2) is 0 Å². The Morgan fingerprint density at radius 1 is 1.26 bits per heavy atom. The SMILES string of the molecule is COc1ccc(Cl)cc1COc1ccc(CN)nc1. The monoisotopic (exact) mass is 278 g/mol. The van der Waals surface area contributed by atoms with Gasteiger partial charge in [-0.05, 0) is 30.3 Å². The number of nitrogens with two attached hydrogens (primary N) is 1. The topological polar surface area (TPSA) is 57.4 Å². The van der Waals surface area contributed by atoms with Crippen LogP contribution in [0.3, 0.4) is 0 Å². The van der Waals surface area contributed by atoms with Crippen LogP contribution >= 0.6 is 11.6 Å². The van der Waals surface area contributed by atoms with Crippen LogP contribution in [0.1, 0.15) is 11.3 Å². The third-order valence-electron chi connectivity index (χ3n) is 2.64. The van der Waals surface area contributed by atoms with Crippen molar-refractivity contribution in [3.8, 4) is 11.5 Å². The van der Waals surface area contributed by atoms with Crippen molar-refractivity contribution in [3.05, 3.63) is 52.8 Å². The zero-order chi connectivity index (χ0) is 13.7. The van der Waals surface area contributed by atoms with Gasteiger partial charge in [-0.1, -0.05) is 11.6 Å². The van der Waals surface area contributed by atoms with Crippen molar-refractivity contribution in [2.24, 2.45) is 5.73 Å². The van der Waals surface area contributed by atoms with Crippen LogP contribution in [-0.2, 0) is 13.2 Å². The van der Waals surface area contributed by atoms with Gasteiger partial charge < -0.3 is 15.2 Å². The van der Waals surface area contributed by atoms with E-state index in [1.165, 1.54) is 0 Å². The van der Waals surface area contributed by atoms with E-state index < -0.39 is 0 Å². The molecule has 0 fully saturated rings. The van der Waals surface area contributed by atoms with Crippen molar-refractivity contribution in [3.63, 3.8) is 0 Å². The summed E-state index contributed by atoms with van der Waals surface area (Å²) in [5, 5.41) is 0.649. The molecule has 0 aliphatic heterocycles. The predicted octanol–water partition coefficient (Wildman–Crippen LogP) is 2.78. The molecule has 1 aromatic heterocycles. The fourth-order valence-corrected chi connectivity index (χ4v) is 1.83. The number of aromatic nitrogens is 1. The quantitative estimate of drug-likeness (QED) is 0.914. The number of hydrogen-bond donors (Lipinski definition) is 1. The Labute approximate surface area is 117 Å². The smallest absolute Gasteiger partial charge is 0.138 e. The molecule has 0 unspecified atom stereocenters. The lowest BCUT2D eigenvalue weighted by atomic mass is 10.2. The van der Waals surface area contributed by atoms with Crippen LogP contribution in [0.5, 0.6) is 11.5 Å². The predicted molar refractivity (Wildman–Crippen MR) is 74.5 cm³/mol. The van der Waals surface area contributed by atoms with Gasteiger partial charge >= 0.3 is 0 Å². The summed E-state index contributed by atoms with van der Waals surface area (Å²) in [7, 11) is 1.62. The standard InChI is InChI=1S/C14H15ClN2O2/c1-18-14-5-2-11(15)6-10(14)9-19-13-4-3-12(7-16)17-8-13/h2-6,8H,7,9,16H2,1H3. The number of rotatable bonds is 5. The minimum Gasteiger partial charge on any atom is -0.496 e. The Morgan fingerprint density at radius 3 is 2.74 bits per heavy atom. The summed E-state index contributed by atoms with van der Waals surface area (Å²) in [6, 6.07) is 9.09. The first-order valence-electron chi connectivity index (χ1n) is 5.83. The Hall–Kier alpha value is -1.78. The molecule has 0 aliphatic carbocycles. The molecule has 0 radical (unpaired) electrons. The summed E-state index contributed by atoms with van der Waals surface area (Å²) in [4.78, 5) is 4.16. The second-order valence-electron chi connectivity index (χ2n) is 3.93. The van der Waals surface area contributed by atoms with Gasteiger partial charge in [0.05, 0.1) is 19.0 Å². The lowest BCUT2D eigenvalue weighted by Gasteiger charge is -2.10. The lowest BCUT2D eigenvalue weighted by Crippen LogP contribution is -2.01. The van der Waals surface area contributed by atoms with Crippen molar-refractivity contribution in [2.45, 2.75) is 13.2 Å². The van der Waals surface area contributed by atoms with Gasteiger partial charge in [0.1, 0.15) is 18.1 Å². The van der Waals surface area contributed by atoms with E-state index in [4.69, 9.17) is 26.8 Å². The van der Waals surface area contributed by atoms with Crippen molar-refractivity contribution in [2.75, 3.05) is 7.11 Å². The highest BCUT2D eigenvalue weighted by atomic mass is 35.5. The molecule has 0 atom stereocenters. The number of ether oxygens (including phenoxy) is 2. The number of methoxy groups -OCH3 is 1. The van der Waals surface area contributed by atoms with E-state index in [0.717, 1.165) is 17.0 Å². The fourth-order valence-electron chi connectivity index (χ4n) is 1.64. The molecule has 0 spiro atoms. The van der Waals surface area contributed by atoms with E-state index in [1.807, 2.05) is 24.3 Å². The zero-order valence-corrected chi connectivity index (χ0v) is 11.4. The minimum atomic E-state index is 0.368. The van der Waals surface area contributed by atoms with E-state index in [2.05, 4.69) is 4.98 Å². The average Bonchev–Trinajstić information content (AvgIpc) is 2.46. The second kappa shape index (κ2) is 6.41. The number of pyridine rings is 1. The van der Waals surface area contributed by atoms with E-state index in [9.17, 15) is 0 Å². The molecule has 0 amide bonds. The van der Waals surface area contributed by atoms with Crippen LogP contribution in [0, 0.1) is 0 Å². The van der Waals surface area contributed by atoms with Crippen LogP contribution in [0.25, 0.3) is 0 Å². The molecule has 2 N–H and O–H groups in total. The molecule has 1 aromatic carbocycles. The number of benzene rings is 1. The largest absolute Gasteiger partial charge is 0.496 e. The van der Waals surface area contributed by atoms with Gasteiger partial charge in [-0.2, -0.15) is 0 Å². The second-order valence-corrected chi connectivity index (χ2v) is 4.37. The maximum atomic E-state index is 5.96. The number of hydrogen-bond acceptors (Lipinski definition) is 4. The molecule has 0 saturated carbocycles. The van der Waals surface area contributed by atoms with E-state index >= 15 is 0 Å². The van der Waals surface area contributed by atoms with E-state index in [1.54, 1.807) is 19.4 Å². The first-order valence-corrected chi connectivity index (χ1v) is 6.21.